The lowest BCUT2D eigenvalue weighted by Crippen LogP contribution is -2.34. The second kappa shape index (κ2) is 6.92. The molecule has 4 nitrogen and oxygen atoms in total. The van der Waals surface area contributed by atoms with Crippen molar-refractivity contribution in [1.82, 2.24) is 4.90 Å². The van der Waals surface area contributed by atoms with E-state index in [1.54, 1.807) is 11.0 Å². The maximum Gasteiger partial charge on any atom is 0.254 e. The Morgan fingerprint density at radius 3 is 2.81 bits per heavy atom. The van der Waals surface area contributed by atoms with Crippen molar-refractivity contribution in [1.29, 1.82) is 5.26 Å². The van der Waals surface area contributed by atoms with Gasteiger partial charge in [0.05, 0.1) is 12.5 Å². The Kier molecular flexibility index (Phi) is 4.98. The van der Waals surface area contributed by atoms with Crippen molar-refractivity contribution in [2.45, 2.75) is 32.2 Å². The fourth-order valence-electron chi connectivity index (χ4n) is 2.29. The fraction of sp³-hybridized carbons (Fsp3) is 0.412. The molecular formula is C17H18N2O2. The van der Waals surface area contributed by atoms with E-state index in [0.717, 1.165) is 24.0 Å². The maximum absolute atomic E-state index is 12.6. The lowest BCUT2D eigenvalue weighted by Gasteiger charge is -2.21. The molecule has 4 heteroatoms. The summed E-state index contributed by atoms with van der Waals surface area (Å²) in [7, 11) is 0. The molecule has 21 heavy (non-hydrogen) atoms. The number of carbonyl (C=O) groups excluding carboxylic acids is 1. The summed E-state index contributed by atoms with van der Waals surface area (Å²) in [5, 5.41) is 17.5. The summed E-state index contributed by atoms with van der Waals surface area (Å²) in [5.74, 6) is 5.39. The minimum atomic E-state index is -0.201. The molecule has 2 rings (SSSR count). The predicted octanol–water partition coefficient (Wildman–Crippen LogP) is 1.86. The highest BCUT2D eigenvalue weighted by atomic mass is 16.2. The molecule has 1 amide bonds. The number of aliphatic hydroxyl groups is 1. The molecule has 0 unspecified atom stereocenters. The zero-order valence-corrected chi connectivity index (χ0v) is 12.1. The van der Waals surface area contributed by atoms with Gasteiger partial charge in [0.1, 0.15) is 6.61 Å². The molecule has 1 aromatic rings. The first-order valence-electron chi connectivity index (χ1n) is 7.05. The van der Waals surface area contributed by atoms with Crippen molar-refractivity contribution in [2.75, 3.05) is 13.2 Å². The standard InChI is InChI=1S/C17H18N2O2/c1-13-10-14(4-2-9-20)12-15(11-13)17(21)19(8-3-7-18)16-5-6-16/h10-12,16,20H,3,5-6,8-9H2,1H3. The summed E-state index contributed by atoms with van der Waals surface area (Å²) >= 11 is 0. The van der Waals surface area contributed by atoms with Crippen LogP contribution >= 0.6 is 0 Å². The zero-order chi connectivity index (χ0) is 15.2. The van der Waals surface area contributed by atoms with E-state index < -0.39 is 0 Å². The zero-order valence-electron chi connectivity index (χ0n) is 12.1. The van der Waals surface area contributed by atoms with Crippen molar-refractivity contribution in [2.24, 2.45) is 0 Å². The topological polar surface area (TPSA) is 64.3 Å². The van der Waals surface area contributed by atoms with Crippen LogP contribution < -0.4 is 0 Å². The molecule has 0 aromatic heterocycles. The molecule has 0 spiro atoms. The molecule has 0 radical (unpaired) electrons. The molecule has 1 aliphatic rings. The highest BCUT2D eigenvalue weighted by molar-refractivity contribution is 5.95. The van der Waals surface area contributed by atoms with Gasteiger partial charge in [0.2, 0.25) is 0 Å². The SMILES string of the molecule is Cc1cc(C#CCO)cc(C(=O)N(CCC#N)C2CC2)c1. The molecule has 0 atom stereocenters. The number of hydrogen-bond acceptors (Lipinski definition) is 3. The lowest BCUT2D eigenvalue weighted by atomic mass is 10.1. The van der Waals surface area contributed by atoms with Crippen LogP contribution in [0.3, 0.4) is 0 Å². The van der Waals surface area contributed by atoms with Gasteiger partial charge in [0.15, 0.2) is 0 Å². The second-order valence-electron chi connectivity index (χ2n) is 5.19. The van der Waals surface area contributed by atoms with E-state index in [-0.39, 0.29) is 18.6 Å². The second-order valence-corrected chi connectivity index (χ2v) is 5.19. The Hall–Kier alpha value is -2.30. The number of aliphatic hydroxyl groups excluding tert-OH is 1. The number of nitriles is 1. The monoisotopic (exact) mass is 282 g/mol. The van der Waals surface area contributed by atoms with Gasteiger partial charge in [-0.3, -0.25) is 4.79 Å². The molecule has 1 aliphatic carbocycles. The summed E-state index contributed by atoms with van der Waals surface area (Å²) < 4.78 is 0. The van der Waals surface area contributed by atoms with Crippen molar-refractivity contribution < 1.29 is 9.90 Å². The molecule has 0 aliphatic heterocycles. The maximum atomic E-state index is 12.6. The van der Waals surface area contributed by atoms with Crippen LogP contribution in [0.2, 0.25) is 0 Å². The lowest BCUT2D eigenvalue weighted by molar-refractivity contribution is 0.0746. The van der Waals surface area contributed by atoms with Gasteiger partial charge >= 0.3 is 0 Å². The third-order valence-corrected chi connectivity index (χ3v) is 3.35. The molecule has 1 N–H and O–H groups in total. The van der Waals surface area contributed by atoms with Crippen LogP contribution in [0.4, 0.5) is 0 Å². The van der Waals surface area contributed by atoms with Crippen LogP contribution in [0, 0.1) is 30.1 Å². The van der Waals surface area contributed by atoms with Crippen LogP contribution in [0.15, 0.2) is 18.2 Å². The molecule has 0 heterocycles. The van der Waals surface area contributed by atoms with Crippen LogP contribution in [-0.2, 0) is 0 Å². The Morgan fingerprint density at radius 1 is 1.43 bits per heavy atom. The van der Waals surface area contributed by atoms with E-state index in [1.807, 2.05) is 19.1 Å². The minimum absolute atomic E-state index is 0.0384. The first kappa shape index (κ1) is 15.1. The summed E-state index contributed by atoms with van der Waals surface area (Å²) in [6.45, 7) is 2.19. The number of benzene rings is 1. The smallest absolute Gasteiger partial charge is 0.254 e. The molecule has 1 aromatic carbocycles. The first-order chi connectivity index (χ1) is 10.2. The van der Waals surface area contributed by atoms with E-state index in [2.05, 4.69) is 17.9 Å². The number of nitrogens with zero attached hydrogens (tertiary/aromatic N) is 2. The first-order valence-corrected chi connectivity index (χ1v) is 7.05. The van der Waals surface area contributed by atoms with Gasteiger partial charge in [-0.25, -0.2) is 0 Å². The van der Waals surface area contributed by atoms with Gasteiger partial charge in [-0.15, -0.1) is 0 Å². The van der Waals surface area contributed by atoms with Crippen LogP contribution in [0.25, 0.3) is 0 Å². The van der Waals surface area contributed by atoms with E-state index in [1.165, 1.54) is 0 Å². The minimum Gasteiger partial charge on any atom is -0.384 e. The number of amides is 1. The van der Waals surface area contributed by atoms with Crippen LogP contribution in [0.5, 0.6) is 0 Å². The van der Waals surface area contributed by atoms with Crippen molar-refractivity contribution in [3.63, 3.8) is 0 Å². The predicted molar refractivity (Wildman–Crippen MR) is 79.4 cm³/mol. The van der Waals surface area contributed by atoms with Crippen LogP contribution in [0.1, 0.15) is 40.7 Å². The highest BCUT2D eigenvalue weighted by Crippen LogP contribution is 2.28. The Bertz CT molecular complexity index is 630. The number of hydrogen-bond donors (Lipinski definition) is 1. The van der Waals surface area contributed by atoms with Crippen molar-refractivity contribution >= 4 is 5.91 Å². The average molecular weight is 282 g/mol. The number of rotatable bonds is 4. The number of carbonyl (C=O) groups is 1. The summed E-state index contributed by atoms with van der Waals surface area (Å²) in [4.78, 5) is 14.4. The quantitative estimate of drug-likeness (QED) is 0.857. The van der Waals surface area contributed by atoms with E-state index in [9.17, 15) is 4.79 Å². The summed E-state index contributed by atoms with van der Waals surface area (Å²) in [5.41, 5.74) is 2.28. The van der Waals surface area contributed by atoms with E-state index in [0.29, 0.717) is 18.5 Å². The Morgan fingerprint density at radius 2 is 2.19 bits per heavy atom. The third-order valence-electron chi connectivity index (χ3n) is 3.35. The molecule has 1 fully saturated rings. The third kappa shape index (κ3) is 4.08. The Labute approximate surface area is 125 Å². The molecule has 0 bridgehead atoms. The van der Waals surface area contributed by atoms with Gasteiger partial charge < -0.3 is 10.0 Å². The highest BCUT2D eigenvalue weighted by Gasteiger charge is 2.32. The van der Waals surface area contributed by atoms with Gasteiger partial charge in [-0.05, 0) is 43.5 Å². The number of aryl methyl sites for hydroxylation is 1. The van der Waals surface area contributed by atoms with Crippen LogP contribution in [-0.4, -0.2) is 35.1 Å². The largest absolute Gasteiger partial charge is 0.384 e. The normalized spacial score (nSPS) is 13.0. The van der Waals surface area contributed by atoms with Gasteiger partial charge in [0, 0.05) is 23.7 Å². The van der Waals surface area contributed by atoms with E-state index in [4.69, 9.17) is 10.4 Å². The molecule has 1 saturated carbocycles. The molecular weight excluding hydrogens is 264 g/mol. The van der Waals surface area contributed by atoms with Gasteiger partial charge in [0.25, 0.3) is 5.91 Å². The molecule has 108 valence electrons. The summed E-state index contributed by atoms with van der Waals surface area (Å²) in [6.07, 6.45) is 2.38. The fourth-order valence-corrected chi connectivity index (χ4v) is 2.29. The van der Waals surface area contributed by atoms with Gasteiger partial charge in [-0.1, -0.05) is 11.8 Å². The molecule has 0 saturated heterocycles. The van der Waals surface area contributed by atoms with Crippen molar-refractivity contribution in [3.8, 4) is 17.9 Å². The van der Waals surface area contributed by atoms with Crippen molar-refractivity contribution in [3.05, 3.63) is 34.9 Å². The van der Waals surface area contributed by atoms with E-state index >= 15 is 0 Å². The van der Waals surface area contributed by atoms with Gasteiger partial charge in [-0.2, -0.15) is 5.26 Å². The Balaban J connectivity index is 2.24. The average Bonchev–Trinajstić information content (AvgIpc) is 3.29. The summed E-state index contributed by atoms with van der Waals surface area (Å²) in [6, 6.07) is 7.85.